The molecule has 2 aromatic heterocycles. The number of carboxylic acid groups (broad SMARTS) is 2. The number of nitrogens with zero attached hydrogens (tertiary/aromatic N) is 2. The zero-order valence-corrected chi connectivity index (χ0v) is 12.0. The van der Waals surface area contributed by atoms with E-state index < -0.39 is 11.9 Å². The fourth-order valence-electron chi connectivity index (χ4n) is 1.43. The van der Waals surface area contributed by atoms with Gasteiger partial charge >= 0.3 is 11.9 Å². The Bertz CT molecular complexity index is 669. The van der Waals surface area contributed by atoms with Crippen molar-refractivity contribution in [2.75, 3.05) is 0 Å². The SMILES string of the molecule is Cc1nc(Sc2cccc(C(=O)O)n2)sc1CC(=O)O. The quantitative estimate of drug-likeness (QED) is 0.874. The van der Waals surface area contributed by atoms with Gasteiger partial charge in [0, 0.05) is 4.88 Å². The number of aryl methyl sites for hydroxylation is 1. The third-order valence-electron chi connectivity index (χ3n) is 2.32. The molecule has 2 N–H and O–H groups in total. The van der Waals surface area contributed by atoms with Gasteiger partial charge in [0.15, 0.2) is 4.34 Å². The summed E-state index contributed by atoms with van der Waals surface area (Å²) in [5, 5.41) is 18.2. The van der Waals surface area contributed by atoms with E-state index in [1.165, 1.54) is 29.2 Å². The lowest BCUT2D eigenvalue weighted by molar-refractivity contribution is -0.136. The van der Waals surface area contributed by atoms with Crippen LogP contribution in [0.1, 0.15) is 21.1 Å². The molecule has 0 aromatic carbocycles. The minimum absolute atomic E-state index is 0.0333. The average Bonchev–Trinajstić information content (AvgIpc) is 2.69. The summed E-state index contributed by atoms with van der Waals surface area (Å²) in [7, 11) is 0. The maximum absolute atomic E-state index is 10.8. The van der Waals surface area contributed by atoms with Crippen LogP contribution in [0, 0.1) is 6.92 Å². The molecule has 0 fully saturated rings. The van der Waals surface area contributed by atoms with Crippen LogP contribution >= 0.6 is 23.1 Å². The Labute approximate surface area is 122 Å². The normalized spacial score (nSPS) is 10.4. The highest BCUT2D eigenvalue weighted by Crippen LogP contribution is 2.32. The van der Waals surface area contributed by atoms with Gasteiger partial charge in [-0.1, -0.05) is 6.07 Å². The number of rotatable bonds is 5. The van der Waals surface area contributed by atoms with E-state index >= 15 is 0 Å². The van der Waals surface area contributed by atoms with Crippen LogP contribution in [0.15, 0.2) is 27.6 Å². The summed E-state index contributed by atoms with van der Waals surface area (Å²) in [5.74, 6) is -1.99. The maximum Gasteiger partial charge on any atom is 0.354 e. The number of hydrogen-bond acceptors (Lipinski definition) is 6. The second-order valence-electron chi connectivity index (χ2n) is 3.83. The summed E-state index contributed by atoms with van der Waals surface area (Å²) in [6.45, 7) is 1.75. The van der Waals surface area contributed by atoms with Crippen LogP contribution in [0.25, 0.3) is 0 Å². The van der Waals surface area contributed by atoms with Crippen LogP contribution in [0.3, 0.4) is 0 Å². The van der Waals surface area contributed by atoms with Crippen molar-refractivity contribution in [2.45, 2.75) is 22.7 Å². The maximum atomic E-state index is 10.8. The van der Waals surface area contributed by atoms with Crippen molar-refractivity contribution in [3.05, 3.63) is 34.5 Å². The van der Waals surface area contributed by atoms with Gasteiger partial charge in [-0.2, -0.15) is 0 Å². The van der Waals surface area contributed by atoms with Crippen molar-refractivity contribution in [1.82, 2.24) is 9.97 Å². The van der Waals surface area contributed by atoms with Crippen LogP contribution in [-0.2, 0) is 11.2 Å². The summed E-state index contributed by atoms with van der Waals surface area (Å²) >= 11 is 2.50. The first-order chi connectivity index (χ1) is 9.45. The molecule has 0 bridgehead atoms. The first-order valence-corrected chi connectivity index (χ1v) is 7.15. The summed E-state index contributed by atoms with van der Waals surface area (Å²) < 4.78 is 0.647. The van der Waals surface area contributed by atoms with Crippen molar-refractivity contribution < 1.29 is 19.8 Å². The number of aromatic nitrogens is 2. The molecule has 0 unspecified atom stereocenters. The third-order valence-corrected chi connectivity index (χ3v) is 4.47. The zero-order chi connectivity index (χ0) is 14.7. The first-order valence-electron chi connectivity index (χ1n) is 5.52. The molecule has 0 aliphatic carbocycles. The van der Waals surface area contributed by atoms with Gasteiger partial charge in [-0.05, 0) is 30.8 Å². The van der Waals surface area contributed by atoms with E-state index in [-0.39, 0.29) is 12.1 Å². The van der Waals surface area contributed by atoms with Crippen LogP contribution in [-0.4, -0.2) is 32.1 Å². The summed E-state index contributed by atoms with van der Waals surface area (Å²) in [4.78, 5) is 30.5. The fraction of sp³-hybridized carbons (Fsp3) is 0.167. The minimum Gasteiger partial charge on any atom is -0.481 e. The van der Waals surface area contributed by atoms with Gasteiger partial charge in [-0.15, -0.1) is 11.3 Å². The summed E-state index contributed by atoms with van der Waals surface area (Å²) in [6.07, 6.45) is -0.0628. The van der Waals surface area contributed by atoms with E-state index in [0.717, 1.165) is 0 Å². The Balaban J connectivity index is 2.20. The van der Waals surface area contributed by atoms with Crippen molar-refractivity contribution in [1.29, 1.82) is 0 Å². The molecule has 2 aromatic rings. The molecule has 2 heterocycles. The van der Waals surface area contributed by atoms with E-state index in [1.54, 1.807) is 19.1 Å². The number of hydrogen-bond donors (Lipinski definition) is 2. The molecule has 0 saturated heterocycles. The van der Waals surface area contributed by atoms with Gasteiger partial charge in [0.25, 0.3) is 0 Å². The topological polar surface area (TPSA) is 100 Å². The summed E-state index contributed by atoms with van der Waals surface area (Å²) in [6, 6.07) is 4.71. The Kier molecular flexibility index (Phi) is 4.35. The lowest BCUT2D eigenvalue weighted by atomic mass is 10.3. The van der Waals surface area contributed by atoms with E-state index in [0.29, 0.717) is 19.9 Å². The van der Waals surface area contributed by atoms with Gasteiger partial charge in [-0.3, -0.25) is 4.79 Å². The van der Waals surface area contributed by atoms with E-state index in [1.807, 2.05) is 0 Å². The molecule has 6 nitrogen and oxygen atoms in total. The van der Waals surface area contributed by atoms with Gasteiger partial charge < -0.3 is 10.2 Å². The van der Waals surface area contributed by atoms with Crippen molar-refractivity contribution in [3.63, 3.8) is 0 Å². The molecule has 0 aliphatic rings. The largest absolute Gasteiger partial charge is 0.481 e. The Morgan fingerprint density at radius 1 is 1.30 bits per heavy atom. The molecular weight excluding hydrogens is 300 g/mol. The molecule has 0 aliphatic heterocycles. The van der Waals surface area contributed by atoms with Gasteiger partial charge in [0.1, 0.15) is 10.7 Å². The number of aliphatic carboxylic acids is 1. The van der Waals surface area contributed by atoms with Crippen LogP contribution < -0.4 is 0 Å². The first kappa shape index (κ1) is 14.5. The number of carbonyl (C=O) groups is 2. The molecule has 0 amide bonds. The number of carboxylic acids is 2. The predicted octanol–water partition coefficient (Wildman–Crippen LogP) is 2.32. The van der Waals surface area contributed by atoms with Crippen LogP contribution in [0.2, 0.25) is 0 Å². The van der Waals surface area contributed by atoms with Crippen molar-refractivity contribution in [3.8, 4) is 0 Å². The van der Waals surface area contributed by atoms with Crippen LogP contribution in [0.5, 0.6) is 0 Å². The second kappa shape index (κ2) is 6.02. The van der Waals surface area contributed by atoms with Gasteiger partial charge in [-0.25, -0.2) is 14.8 Å². The average molecular weight is 310 g/mol. The predicted molar refractivity (Wildman–Crippen MR) is 73.5 cm³/mol. The van der Waals surface area contributed by atoms with E-state index in [4.69, 9.17) is 10.2 Å². The highest BCUT2D eigenvalue weighted by Gasteiger charge is 2.13. The van der Waals surface area contributed by atoms with Gasteiger partial charge in [0.2, 0.25) is 0 Å². The molecule has 2 rings (SSSR count). The molecule has 104 valence electrons. The Morgan fingerprint density at radius 2 is 2.05 bits per heavy atom. The van der Waals surface area contributed by atoms with Crippen molar-refractivity contribution >= 4 is 35.0 Å². The highest BCUT2D eigenvalue weighted by molar-refractivity contribution is 8.01. The van der Waals surface area contributed by atoms with E-state index in [2.05, 4.69) is 9.97 Å². The van der Waals surface area contributed by atoms with Crippen molar-refractivity contribution in [2.24, 2.45) is 0 Å². The number of thiazole rings is 1. The summed E-state index contributed by atoms with van der Waals surface area (Å²) in [5.41, 5.74) is 0.642. The van der Waals surface area contributed by atoms with Crippen LogP contribution in [0.4, 0.5) is 0 Å². The second-order valence-corrected chi connectivity index (χ2v) is 6.18. The van der Waals surface area contributed by atoms with E-state index in [9.17, 15) is 9.59 Å². The standard InChI is InChI=1S/C12H10N2O4S2/c1-6-8(5-10(15)16)19-12(13-6)20-9-4-2-3-7(14-9)11(17)18/h2-4H,5H2,1H3,(H,15,16)(H,17,18). The molecule has 0 radical (unpaired) electrons. The Morgan fingerprint density at radius 3 is 2.70 bits per heavy atom. The molecule has 0 atom stereocenters. The number of aromatic carboxylic acids is 1. The molecule has 8 heteroatoms. The fourth-order valence-corrected chi connectivity index (χ4v) is 3.59. The molecular formula is C12H10N2O4S2. The minimum atomic E-state index is -1.09. The monoisotopic (exact) mass is 310 g/mol. The van der Waals surface area contributed by atoms with Gasteiger partial charge in [0.05, 0.1) is 12.1 Å². The third kappa shape index (κ3) is 3.55. The molecule has 0 spiro atoms. The molecule has 20 heavy (non-hydrogen) atoms. The lowest BCUT2D eigenvalue weighted by Crippen LogP contribution is -1.99. The lowest BCUT2D eigenvalue weighted by Gasteiger charge is -1.98. The molecule has 0 saturated carbocycles. The smallest absolute Gasteiger partial charge is 0.354 e. The Hall–Kier alpha value is -1.93. The highest BCUT2D eigenvalue weighted by atomic mass is 32.2. The zero-order valence-electron chi connectivity index (χ0n) is 10.4. The number of pyridine rings is 1.